The molecule has 0 amide bonds. The molecule has 0 spiro atoms. The van der Waals surface area contributed by atoms with Crippen molar-refractivity contribution in [2.24, 2.45) is 4.99 Å². The molecule has 4 nitrogen and oxygen atoms in total. The lowest BCUT2D eigenvalue weighted by atomic mass is 10.2. The summed E-state index contributed by atoms with van der Waals surface area (Å²) in [6.45, 7) is 10.4. The van der Waals surface area contributed by atoms with Crippen LogP contribution in [0, 0.1) is 5.82 Å². The van der Waals surface area contributed by atoms with E-state index < -0.39 is 0 Å². The molecule has 0 aromatic heterocycles. The Morgan fingerprint density at radius 2 is 2.00 bits per heavy atom. The number of nitrogens with zero attached hydrogens (tertiary/aromatic N) is 2. The minimum absolute atomic E-state index is 0. The first kappa shape index (κ1) is 24.6. The van der Waals surface area contributed by atoms with Gasteiger partial charge in [-0.25, -0.2) is 4.39 Å². The fourth-order valence-corrected chi connectivity index (χ4v) is 2.74. The number of hydrogen-bond donors (Lipinski definition) is 2. The van der Waals surface area contributed by atoms with Crippen LogP contribution in [0.25, 0.3) is 0 Å². The molecule has 0 heterocycles. The van der Waals surface area contributed by atoms with Crippen molar-refractivity contribution in [2.45, 2.75) is 46.2 Å². The van der Waals surface area contributed by atoms with Crippen molar-refractivity contribution in [3.63, 3.8) is 0 Å². The second-order valence-electron chi connectivity index (χ2n) is 5.89. The number of rotatable bonds is 9. The zero-order valence-electron chi connectivity index (χ0n) is 15.6. The van der Waals surface area contributed by atoms with Crippen molar-refractivity contribution in [1.82, 2.24) is 15.5 Å². The summed E-state index contributed by atoms with van der Waals surface area (Å²) in [6.07, 6.45) is 2.24. The minimum Gasteiger partial charge on any atom is -0.354 e. The van der Waals surface area contributed by atoms with Crippen LogP contribution in [0.5, 0.6) is 0 Å². The van der Waals surface area contributed by atoms with E-state index in [0.717, 1.165) is 44.0 Å². The Balaban J connectivity index is 0.00000576. The van der Waals surface area contributed by atoms with Crippen molar-refractivity contribution in [3.8, 4) is 0 Å². The Morgan fingerprint density at radius 1 is 1.32 bits per heavy atom. The van der Waals surface area contributed by atoms with Gasteiger partial charge in [-0.15, -0.1) is 24.0 Å². The lowest BCUT2D eigenvalue weighted by Crippen LogP contribution is -2.42. The van der Waals surface area contributed by atoms with Gasteiger partial charge >= 0.3 is 0 Å². The third kappa shape index (κ3) is 9.75. The normalized spacial score (nSPS) is 12.7. The molecule has 0 aliphatic rings. The van der Waals surface area contributed by atoms with Crippen molar-refractivity contribution in [3.05, 3.63) is 34.1 Å². The highest BCUT2D eigenvalue weighted by atomic mass is 127. The first-order chi connectivity index (χ1) is 11.5. The molecule has 144 valence electrons. The van der Waals surface area contributed by atoms with Crippen LogP contribution in [-0.2, 0) is 6.54 Å². The topological polar surface area (TPSA) is 39.7 Å². The summed E-state index contributed by atoms with van der Waals surface area (Å²) in [5.74, 6) is 0.496. The number of halogens is 3. The van der Waals surface area contributed by atoms with Gasteiger partial charge in [-0.2, -0.15) is 0 Å². The molecular formula is C18H31BrFIN4. The highest BCUT2D eigenvalue weighted by Crippen LogP contribution is 2.16. The van der Waals surface area contributed by atoms with E-state index in [-0.39, 0.29) is 29.8 Å². The SMILES string of the molecule is CCN(CC)CCCC(C)NC(=NC)NCc1ccc(Br)c(F)c1.I. The Bertz CT molecular complexity index is 524. The number of nitrogens with one attached hydrogen (secondary N) is 2. The number of guanidine groups is 1. The molecule has 2 N–H and O–H groups in total. The molecular weight excluding hydrogens is 498 g/mol. The molecule has 0 aliphatic heterocycles. The maximum Gasteiger partial charge on any atom is 0.191 e. The molecule has 1 atom stereocenters. The van der Waals surface area contributed by atoms with E-state index in [9.17, 15) is 4.39 Å². The van der Waals surface area contributed by atoms with Crippen molar-refractivity contribution in [2.75, 3.05) is 26.7 Å². The number of aliphatic imine (C=N–C) groups is 1. The molecule has 25 heavy (non-hydrogen) atoms. The van der Waals surface area contributed by atoms with E-state index in [1.807, 2.05) is 6.07 Å². The smallest absolute Gasteiger partial charge is 0.191 e. The molecule has 0 bridgehead atoms. The van der Waals surface area contributed by atoms with Crippen molar-refractivity contribution >= 4 is 45.9 Å². The van der Waals surface area contributed by atoms with E-state index in [1.165, 1.54) is 6.07 Å². The Kier molecular flexibility index (Phi) is 13.5. The molecule has 1 aromatic carbocycles. The summed E-state index contributed by atoms with van der Waals surface area (Å²) in [4.78, 5) is 6.67. The second kappa shape index (κ2) is 13.7. The van der Waals surface area contributed by atoms with Gasteiger partial charge < -0.3 is 15.5 Å². The first-order valence-electron chi connectivity index (χ1n) is 8.63. The maximum absolute atomic E-state index is 13.5. The summed E-state index contributed by atoms with van der Waals surface area (Å²) in [5.41, 5.74) is 0.882. The van der Waals surface area contributed by atoms with Gasteiger partial charge in [0.05, 0.1) is 4.47 Å². The molecule has 1 aromatic rings. The summed E-state index contributed by atoms with van der Waals surface area (Å²) < 4.78 is 14.0. The second-order valence-corrected chi connectivity index (χ2v) is 6.74. The predicted octanol–water partition coefficient (Wildman–Crippen LogP) is 4.38. The highest BCUT2D eigenvalue weighted by Gasteiger charge is 2.07. The average Bonchev–Trinajstić information content (AvgIpc) is 2.58. The van der Waals surface area contributed by atoms with E-state index in [0.29, 0.717) is 17.1 Å². The van der Waals surface area contributed by atoms with E-state index in [4.69, 9.17) is 0 Å². The standard InChI is InChI=1S/C18H30BrFN4.HI/c1-5-24(6-2)11-7-8-14(3)23-18(21-4)22-13-15-9-10-16(19)17(20)12-15;/h9-10,12,14H,5-8,11,13H2,1-4H3,(H2,21,22,23);1H. The maximum atomic E-state index is 13.5. The lowest BCUT2D eigenvalue weighted by molar-refractivity contribution is 0.292. The van der Waals surface area contributed by atoms with E-state index in [2.05, 4.69) is 57.2 Å². The summed E-state index contributed by atoms with van der Waals surface area (Å²) in [6, 6.07) is 5.48. The molecule has 0 saturated carbocycles. The zero-order valence-corrected chi connectivity index (χ0v) is 19.5. The molecule has 0 radical (unpaired) electrons. The Hall–Kier alpha value is -0.410. The number of benzene rings is 1. The van der Waals surface area contributed by atoms with E-state index >= 15 is 0 Å². The molecule has 1 unspecified atom stereocenters. The van der Waals surface area contributed by atoms with Gasteiger partial charge in [-0.05, 0) is 73.0 Å². The first-order valence-corrected chi connectivity index (χ1v) is 9.42. The van der Waals surface area contributed by atoms with Crippen LogP contribution in [0.1, 0.15) is 39.2 Å². The van der Waals surface area contributed by atoms with Gasteiger partial charge in [-0.1, -0.05) is 19.9 Å². The quantitative estimate of drug-likeness (QED) is 0.284. The third-order valence-corrected chi connectivity index (χ3v) is 4.70. The van der Waals surface area contributed by atoms with Gasteiger partial charge in [0, 0.05) is 19.6 Å². The largest absolute Gasteiger partial charge is 0.354 e. The van der Waals surface area contributed by atoms with Gasteiger partial charge in [0.2, 0.25) is 0 Å². The van der Waals surface area contributed by atoms with Gasteiger partial charge in [0.15, 0.2) is 5.96 Å². The van der Waals surface area contributed by atoms with Gasteiger partial charge in [-0.3, -0.25) is 4.99 Å². The summed E-state index contributed by atoms with van der Waals surface area (Å²) in [7, 11) is 1.75. The van der Waals surface area contributed by atoms with E-state index in [1.54, 1.807) is 13.1 Å². The molecule has 1 rings (SSSR count). The van der Waals surface area contributed by atoms with Crippen molar-refractivity contribution in [1.29, 1.82) is 0 Å². The monoisotopic (exact) mass is 528 g/mol. The van der Waals surface area contributed by atoms with Gasteiger partial charge in [0.25, 0.3) is 0 Å². The summed E-state index contributed by atoms with van der Waals surface area (Å²) in [5, 5.41) is 6.62. The van der Waals surface area contributed by atoms with Gasteiger partial charge in [0.1, 0.15) is 5.82 Å². The molecule has 0 saturated heterocycles. The average molecular weight is 529 g/mol. The van der Waals surface area contributed by atoms with Crippen LogP contribution >= 0.6 is 39.9 Å². The molecule has 0 fully saturated rings. The van der Waals surface area contributed by atoms with Crippen LogP contribution in [0.2, 0.25) is 0 Å². The minimum atomic E-state index is -0.248. The Morgan fingerprint density at radius 3 is 2.56 bits per heavy atom. The fourth-order valence-electron chi connectivity index (χ4n) is 2.50. The zero-order chi connectivity index (χ0) is 17.9. The molecule has 7 heteroatoms. The van der Waals surface area contributed by atoms with Crippen LogP contribution in [0.15, 0.2) is 27.7 Å². The van der Waals surface area contributed by atoms with Crippen LogP contribution in [0.4, 0.5) is 4.39 Å². The fraction of sp³-hybridized carbons (Fsp3) is 0.611. The predicted molar refractivity (Wildman–Crippen MR) is 119 cm³/mol. The van der Waals surface area contributed by atoms with Crippen LogP contribution in [-0.4, -0.2) is 43.6 Å². The molecule has 0 aliphatic carbocycles. The Labute approximate surface area is 177 Å². The van der Waals surface area contributed by atoms with Crippen LogP contribution < -0.4 is 10.6 Å². The lowest BCUT2D eigenvalue weighted by Gasteiger charge is -2.21. The van der Waals surface area contributed by atoms with Crippen LogP contribution in [0.3, 0.4) is 0 Å². The number of hydrogen-bond acceptors (Lipinski definition) is 2. The highest BCUT2D eigenvalue weighted by molar-refractivity contribution is 14.0. The third-order valence-electron chi connectivity index (χ3n) is 4.06. The summed E-state index contributed by atoms with van der Waals surface area (Å²) >= 11 is 3.17. The van der Waals surface area contributed by atoms with Crippen molar-refractivity contribution < 1.29 is 4.39 Å².